The van der Waals surface area contributed by atoms with E-state index in [0.717, 1.165) is 28.2 Å². The van der Waals surface area contributed by atoms with Gasteiger partial charge in [-0.2, -0.15) is 0 Å². The lowest BCUT2D eigenvalue weighted by Gasteiger charge is -2.26. The minimum atomic E-state index is -2.81. The maximum atomic E-state index is 14.5. The Labute approximate surface area is 179 Å². The average molecular weight is 420 g/mol. The van der Waals surface area contributed by atoms with Crippen molar-refractivity contribution in [2.45, 2.75) is 45.2 Å². The van der Waals surface area contributed by atoms with Crippen molar-refractivity contribution in [3.05, 3.63) is 96.1 Å². The highest BCUT2D eigenvalue weighted by Crippen LogP contribution is 2.51. The molecule has 3 aromatic carbocycles. The van der Waals surface area contributed by atoms with Gasteiger partial charge in [0, 0.05) is 16.8 Å². The molecule has 1 aliphatic rings. The van der Waals surface area contributed by atoms with Crippen LogP contribution in [0.4, 0.5) is 0 Å². The van der Waals surface area contributed by atoms with Crippen LogP contribution < -0.4 is 10.6 Å². The molecule has 1 aliphatic heterocycles. The van der Waals surface area contributed by atoms with Crippen molar-refractivity contribution < 1.29 is 14.0 Å². The average Bonchev–Trinajstić information content (AvgIpc) is 3.10. The highest BCUT2D eigenvalue weighted by atomic mass is 31.2. The summed E-state index contributed by atoms with van der Waals surface area (Å²) in [6, 6.07) is 28.0. The number of ether oxygens (including phenoxy) is 2. The predicted octanol–water partition coefficient (Wildman–Crippen LogP) is 5.98. The summed E-state index contributed by atoms with van der Waals surface area (Å²) in [5, 5.41) is 1.78. The van der Waals surface area contributed by atoms with Crippen LogP contribution in [0, 0.1) is 0 Å². The predicted molar refractivity (Wildman–Crippen MR) is 123 cm³/mol. The van der Waals surface area contributed by atoms with Gasteiger partial charge in [-0.05, 0) is 31.4 Å². The molecule has 0 amide bonds. The monoisotopic (exact) mass is 420 g/mol. The molecule has 4 rings (SSSR count). The second-order valence-electron chi connectivity index (χ2n) is 8.25. The van der Waals surface area contributed by atoms with Gasteiger partial charge in [0.15, 0.2) is 5.79 Å². The van der Waals surface area contributed by atoms with E-state index in [2.05, 4.69) is 19.1 Å². The topological polar surface area (TPSA) is 35.5 Å². The Kier molecular flexibility index (Phi) is 5.97. The molecule has 30 heavy (non-hydrogen) atoms. The van der Waals surface area contributed by atoms with E-state index < -0.39 is 12.9 Å². The Morgan fingerprint density at radius 2 is 1.37 bits per heavy atom. The standard InChI is InChI=1S/C26H29O3P/c1-4-19-30(27,21-15-9-6-10-16-21)23-18-12-11-17-22(23)25-24(28-26(2,3)29-25)20-13-7-5-8-14-20/h5-18,24-25H,4,19H2,1-3H3/t24-,25-,30?/m1/s1. The molecular formula is C26H29O3P. The van der Waals surface area contributed by atoms with Gasteiger partial charge < -0.3 is 14.0 Å². The first kappa shape index (κ1) is 21.1. The summed E-state index contributed by atoms with van der Waals surface area (Å²) in [6.07, 6.45) is 0.887. The molecule has 1 saturated heterocycles. The summed E-state index contributed by atoms with van der Waals surface area (Å²) in [4.78, 5) is 0. The zero-order valence-electron chi connectivity index (χ0n) is 17.8. The molecule has 1 heterocycles. The molecule has 3 nitrogen and oxygen atoms in total. The van der Waals surface area contributed by atoms with Gasteiger partial charge in [0.25, 0.3) is 0 Å². The number of benzene rings is 3. The van der Waals surface area contributed by atoms with Crippen molar-refractivity contribution in [2.24, 2.45) is 0 Å². The number of hydrogen-bond acceptors (Lipinski definition) is 3. The van der Waals surface area contributed by atoms with Crippen molar-refractivity contribution >= 4 is 17.8 Å². The Morgan fingerprint density at radius 1 is 0.800 bits per heavy atom. The zero-order valence-corrected chi connectivity index (χ0v) is 18.7. The molecule has 0 aromatic heterocycles. The Balaban J connectivity index is 1.85. The SMILES string of the molecule is CCCP(=O)(c1ccccc1)c1ccccc1[C@H]1OC(C)(C)O[C@@H]1c1ccccc1. The normalized spacial score (nSPS) is 22.5. The highest BCUT2D eigenvalue weighted by molar-refractivity contribution is 7.78. The lowest BCUT2D eigenvalue weighted by Crippen LogP contribution is -2.25. The van der Waals surface area contributed by atoms with Crippen LogP contribution in [-0.2, 0) is 14.0 Å². The second kappa shape index (κ2) is 8.51. The van der Waals surface area contributed by atoms with Crippen molar-refractivity contribution in [1.29, 1.82) is 0 Å². The Bertz CT molecular complexity index is 1030. The Hall–Kier alpha value is -2.19. The summed E-state index contributed by atoms with van der Waals surface area (Å²) in [5.74, 6) is -0.722. The van der Waals surface area contributed by atoms with E-state index in [9.17, 15) is 4.57 Å². The summed E-state index contributed by atoms with van der Waals surface area (Å²) in [7, 11) is -2.81. The van der Waals surface area contributed by atoms with Gasteiger partial charge in [-0.15, -0.1) is 0 Å². The summed E-state index contributed by atoms with van der Waals surface area (Å²) in [6.45, 7) is 5.96. The van der Waals surface area contributed by atoms with Crippen LogP contribution in [-0.4, -0.2) is 11.9 Å². The molecule has 0 N–H and O–H groups in total. The first-order chi connectivity index (χ1) is 14.4. The van der Waals surface area contributed by atoms with Crippen LogP contribution in [0.25, 0.3) is 0 Å². The first-order valence-corrected chi connectivity index (χ1v) is 12.5. The van der Waals surface area contributed by atoms with Crippen molar-refractivity contribution in [3.8, 4) is 0 Å². The van der Waals surface area contributed by atoms with E-state index in [0.29, 0.717) is 6.16 Å². The first-order valence-electron chi connectivity index (χ1n) is 10.6. The second-order valence-corrected chi connectivity index (χ2v) is 11.2. The smallest absolute Gasteiger partial charge is 0.164 e. The fourth-order valence-corrected chi connectivity index (χ4v) is 7.31. The van der Waals surface area contributed by atoms with E-state index in [1.54, 1.807) is 0 Å². The molecule has 4 heteroatoms. The molecular weight excluding hydrogens is 391 g/mol. The molecule has 1 fully saturated rings. The molecule has 0 aliphatic carbocycles. The van der Waals surface area contributed by atoms with Crippen LogP contribution in [0.1, 0.15) is 50.5 Å². The Morgan fingerprint density at radius 3 is 2.03 bits per heavy atom. The molecule has 0 saturated carbocycles. The summed E-state index contributed by atoms with van der Waals surface area (Å²) in [5.41, 5.74) is 2.02. The maximum Gasteiger partial charge on any atom is 0.164 e. The van der Waals surface area contributed by atoms with Crippen molar-refractivity contribution in [3.63, 3.8) is 0 Å². The van der Waals surface area contributed by atoms with E-state index in [-0.39, 0.29) is 12.2 Å². The lowest BCUT2D eigenvalue weighted by molar-refractivity contribution is -0.147. The van der Waals surface area contributed by atoms with Crippen LogP contribution in [0.15, 0.2) is 84.9 Å². The van der Waals surface area contributed by atoms with Gasteiger partial charge in [0.1, 0.15) is 19.3 Å². The van der Waals surface area contributed by atoms with Gasteiger partial charge in [-0.25, -0.2) is 0 Å². The van der Waals surface area contributed by atoms with Gasteiger partial charge >= 0.3 is 0 Å². The summed E-state index contributed by atoms with van der Waals surface area (Å²) >= 11 is 0. The van der Waals surface area contributed by atoms with Crippen LogP contribution in [0.3, 0.4) is 0 Å². The molecule has 0 radical (unpaired) electrons. The fourth-order valence-electron chi connectivity index (χ4n) is 4.30. The third-order valence-electron chi connectivity index (χ3n) is 5.57. The lowest BCUT2D eigenvalue weighted by atomic mass is 9.98. The minimum Gasteiger partial charge on any atom is -0.339 e. The van der Waals surface area contributed by atoms with E-state index in [1.807, 2.05) is 86.6 Å². The number of hydrogen-bond donors (Lipinski definition) is 0. The van der Waals surface area contributed by atoms with Gasteiger partial charge in [-0.3, -0.25) is 0 Å². The largest absolute Gasteiger partial charge is 0.339 e. The zero-order chi connectivity index (χ0) is 21.2. The summed E-state index contributed by atoms with van der Waals surface area (Å²) < 4.78 is 27.2. The molecule has 3 atom stereocenters. The molecule has 1 unspecified atom stereocenters. The van der Waals surface area contributed by atoms with E-state index >= 15 is 0 Å². The number of rotatable bonds is 6. The van der Waals surface area contributed by atoms with E-state index in [4.69, 9.17) is 9.47 Å². The van der Waals surface area contributed by atoms with Crippen LogP contribution >= 0.6 is 7.14 Å². The van der Waals surface area contributed by atoms with E-state index in [1.165, 1.54) is 0 Å². The van der Waals surface area contributed by atoms with Crippen LogP contribution in [0.2, 0.25) is 0 Å². The molecule has 0 spiro atoms. The highest BCUT2D eigenvalue weighted by Gasteiger charge is 2.45. The molecule has 156 valence electrons. The molecule has 3 aromatic rings. The van der Waals surface area contributed by atoms with Gasteiger partial charge in [0.05, 0.1) is 0 Å². The minimum absolute atomic E-state index is 0.256. The quantitative estimate of drug-likeness (QED) is 0.461. The van der Waals surface area contributed by atoms with Crippen molar-refractivity contribution in [1.82, 2.24) is 0 Å². The third-order valence-corrected chi connectivity index (χ3v) is 8.96. The van der Waals surface area contributed by atoms with Gasteiger partial charge in [0.2, 0.25) is 0 Å². The fraction of sp³-hybridized carbons (Fsp3) is 0.308. The van der Waals surface area contributed by atoms with Gasteiger partial charge in [-0.1, -0.05) is 91.9 Å². The van der Waals surface area contributed by atoms with Crippen LogP contribution in [0.5, 0.6) is 0 Å². The third kappa shape index (κ3) is 4.03. The van der Waals surface area contributed by atoms with Crippen molar-refractivity contribution in [2.75, 3.05) is 6.16 Å². The molecule has 0 bridgehead atoms. The maximum absolute atomic E-state index is 14.5.